The van der Waals surface area contributed by atoms with Crippen molar-refractivity contribution in [2.75, 3.05) is 0 Å². The van der Waals surface area contributed by atoms with E-state index in [1.165, 1.54) is 11.1 Å². The molecule has 1 atom stereocenters. The molecule has 1 N–H and O–H groups in total. The summed E-state index contributed by atoms with van der Waals surface area (Å²) in [5, 5.41) is 4.37. The van der Waals surface area contributed by atoms with Crippen LogP contribution in [0.2, 0.25) is 5.02 Å². The van der Waals surface area contributed by atoms with Crippen LogP contribution in [0.3, 0.4) is 0 Å². The Hall–Kier alpha value is -1.25. The van der Waals surface area contributed by atoms with Crippen molar-refractivity contribution < 1.29 is 4.42 Å². The number of hydrogen-bond acceptors (Lipinski definition) is 2. The summed E-state index contributed by atoms with van der Waals surface area (Å²) in [6.07, 6.45) is 2.13. The van der Waals surface area contributed by atoms with Crippen LogP contribution in [0.4, 0.5) is 0 Å². The number of furan rings is 1. The summed E-state index contributed by atoms with van der Waals surface area (Å²) < 4.78 is 5.56. The van der Waals surface area contributed by atoms with Gasteiger partial charge in [0.05, 0.1) is 6.54 Å². The first kappa shape index (κ1) is 11.8. The van der Waals surface area contributed by atoms with E-state index in [0.29, 0.717) is 6.04 Å². The molecule has 1 unspecified atom stereocenters. The number of benzene rings is 1. The number of fused-ring (bicyclic) bond motifs is 1. The highest BCUT2D eigenvalue weighted by Gasteiger charge is 2.21. The van der Waals surface area contributed by atoms with E-state index >= 15 is 0 Å². The summed E-state index contributed by atoms with van der Waals surface area (Å²) in [5.74, 6) is 1.97. The molecule has 0 saturated heterocycles. The Kier molecular flexibility index (Phi) is 3.14. The third-order valence-corrected chi connectivity index (χ3v) is 3.70. The van der Waals surface area contributed by atoms with Crippen molar-refractivity contribution in [1.82, 2.24) is 5.32 Å². The number of halogens is 1. The molecule has 2 nitrogen and oxygen atoms in total. The molecule has 0 amide bonds. The number of hydrogen-bond donors (Lipinski definition) is 1. The Morgan fingerprint density at radius 1 is 1.22 bits per heavy atom. The first-order valence-electron chi connectivity index (χ1n) is 6.27. The van der Waals surface area contributed by atoms with Gasteiger partial charge in [0.1, 0.15) is 11.5 Å². The van der Waals surface area contributed by atoms with Gasteiger partial charge >= 0.3 is 0 Å². The molecule has 0 bridgehead atoms. The van der Waals surface area contributed by atoms with E-state index in [1.54, 1.807) is 0 Å². The Labute approximate surface area is 112 Å². The average Bonchev–Trinajstić information content (AvgIpc) is 2.92. The second kappa shape index (κ2) is 4.79. The van der Waals surface area contributed by atoms with Crippen molar-refractivity contribution in [1.29, 1.82) is 0 Å². The summed E-state index contributed by atoms with van der Waals surface area (Å²) in [6, 6.07) is 10.7. The second-order valence-corrected chi connectivity index (χ2v) is 5.35. The van der Waals surface area contributed by atoms with Crippen molar-refractivity contribution >= 4 is 11.6 Å². The van der Waals surface area contributed by atoms with E-state index in [-0.39, 0.29) is 0 Å². The first-order chi connectivity index (χ1) is 8.70. The summed E-state index contributed by atoms with van der Waals surface area (Å²) in [7, 11) is 0. The lowest BCUT2D eigenvalue weighted by Gasteiger charge is -2.10. The van der Waals surface area contributed by atoms with Crippen molar-refractivity contribution in [3.63, 3.8) is 0 Å². The molecule has 0 saturated carbocycles. The summed E-state index contributed by atoms with van der Waals surface area (Å²) in [6.45, 7) is 2.76. The topological polar surface area (TPSA) is 25.2 Å². The van der Waals surface area contributed by atoms with Crippen molar-refractivity contribution in [2.24, 2.45) is 0 Å². The standard InChI is InChI=1S/C15H16ClNO/c1-10-2-5-15(18-10)9-17-14-7-11-3-4-13(16)6-12(11)8-14/h2-6,14,17H,7-9H2,1H3. The molecule has 1 aromatic heterocycles. The largest absolute Gasteiger partial charge is 0.465 e. The van der Waals surface area contributed by atoms with Gasteiger partial charge in [0.25, 0.3) is 0 Å². The van der Waals surface area contributed by atoms with E-state index in [4.69, 9.17) is 16.0 Å². The van der Waals surface area contributed by atoms with E-state index in [9.17, 15) is 0 Å². The van der Waals surface area contributed by atoms with Crippen LogP contribution in [0.1, 0.15) is 22.6 Å². The highest BCUT2D eigenvalue weighted by molar-refractivity contribution is 6.30. The van der Waals surface area contributed by atoms with Crippen LogP contribution in [0.25, 0.3) is 0 Å². The molecule has 3 heteroatoms. The smallest absolute Gasteiger partial charge is 0.117 e. The summed E-state index contributed by atoms with van der Waals surface area (Å²) in [5.41, 5.74) is 2.78. The van der Waals surface area contributed by atoms with Crippen LogP contribution in [0.5, 0.6) is 0 Å². The van der Waals surface area contributed by atoms with Gasteiger partial charge < -0.3 is 9.73 Å². The maximum absolute atomic E-state index is 6.01. The van der Waals surface area contributed by atoms with Crippen molar-refractivity contribution in [2.45, 2.75) is 32.4 Å². The minimum absolute atomic E-state index is 0.490. The Balaban J connectivity index is 1.61. The van der Waals surface area contributed by atoms with Gasteiger partial charge in [-0.15, -0.1) is 0 Å². The molecule has 3 rings (SSSR count). The maximum Gasteiger partial charge on any atom is 0.117 e. The lowest BCUT2D eigenvalue weighted by Crippen LogP contribution is -2.28. The molecule has 2 aromatic rings. The minimum atomic E-state index is 0.490. The van der Waals surface area contributed by atoms with Crippen molar-refractivity contribution in [3.8, 4) is 0 Å². The predicted octanol–water partition coefficient (Wildman–Crippen LogP) is 3.50. The fourth-order valence-corrected chi connectivity index (χ4v) is 2.75. The highest BCUT2D eigenvalue weighted by atomic mass is 35.5. The Morgan fingerprint density at radius 3 is 2.83 bits per heavy atom. The fraction of sp³-hybridized carbons (Fsp3) is 0.333. The maximum atomic E-state index is 6.01. The zero-order chi connectivity index (χ0) is 12.5. The SMILES string of the molecule is Cc1ccc(CNC2Cc3ccc(Cl)cc3C2)o1. The van der Waals surface area contributed by atoms with Crippen molar-refractivity contribution in [3.05, 3.63) is 58.0 Å². The quantitative estimate of drug-likeness (QED) is 0.915. The van der Waals surface area contributed by atoms with Gasteiger partial charge in [0.2, 0.25) is 0 Å². The van der Waals surface area contributed by atoms with Crippen LogP contribution in [-0.4, -0.2) is 6.04 Å². The molecule has 0 spiro atoms. The fourth-order valence-electron chi connectivity index (χ4n) is 2.56. The molecule has 1 aliphatic rings. The van der Waals surface area contributed by atoms with Gasteiger partial charge in [-0.3, -0.25) is 0 Å². The van der Waals surface area contributed by atoms with E-state index in [0.717, 1.165) is 35.9 Å². The number of aryl methyl sites for hydroxylation is 1. The lowest BCUT2D eigenvalue weighted by atomic mass is 10.1. The molecule has 18 heavy (non-hydrogen) atoms. The van der Waals surface area contributed by atoms with Crippen LogP contribution in [-0.2, 0) is 19.4 Å². The van der Waals surface area contributed by atoms with Crippen LogP contribution in [0.15, 0.2) is 34.7 Å². The van der Waals surface area contributed by atoms with Gasteiger partial charge in [-0.1, -0.05) is 17.7 Å². The predicted molar refractivity (Wildman–Crippen MR) is 72.9 cm³/mol. The van der Waals surface area contributed by atoms with Crippen LogP contribution >= 0.6 is 11.6 Å². The van der Waals surface area contributed by atoms with Crippen LogP contribution in [0, 0.1) is 6.92 Å². The molecule has 1 aromatic carbocycles. The third-order valence-electron chi connectivity index (χ3n) is 3.46. The van der Waals surface area contributed by atoms with Gasteiger partial charge in [-0.2, -0.15) is 0 Å². The average molecular weight is 262 g/mol. The summed E-state index contributed by atoms with van der Waals surface area (Å²) >= 11 is 6.01. The summed E-state index contributed by atoms with van der Waals surface area (Å²) in [4.78, 5) is 0. The molecule has 1 heterocycles. The zero-order valence-electron chi connectivity index (χ0n) is 10.4. The molecular formula is C15H16ClNO. The Morgan fingerprint density at radius 2 is 2.06 bits per heavy atom. The number of rotatable bonds is 3. The van der Waals surface area contributed by atoms with Gasteiger partial charge in [0.15, 0.2) is 0 Å². The van der Waals surface area contributed by atoms with E-state index < -0.39 is 0 Å². The molecule has 0 radical (unpaired) electrons. The molecule has 94 valence electrons. The monoisotopic (exact) mass is 261 g/mol. The van der Waals surface area contributed by atoms with Crippen LogP contribution < -0.4 is 5.32 Å². The van der Waals surface area contributed by atoms with E-state index in [1.807, 2.05) is 25.1 Å². The van der Waals surface area contributed by atoms with Gasteiger partial charge in [0, 0.05) is 11.1 Å². The molecule has 1 aliphatic carbocycles. The number of nitrogens with one attached hydrogen (secondary N) is 1. The zero-order valence-corrected chi connectivity index (χ0v) is 11.1. The highest BCUT2D eigenvalue weighted by Crippen LogP contribution is 2.25. The van der Waals surface area contributed by atoms with E-state index in [2.05, 4.69) is 17.4 Å². The second-order valence-electron chi connectivity index (χ2n) is 4.91. The lowest BCUT2D eigenvalue weighted by molar-refractivity contribution is 0.435. The first-order valence-corrected chi connectivity index (χ1v) is 6.64. The third kappa shape index (κ3) is 2.45. The minimum Gasteiger partial charge on any atom is -0.465 e. The molecule has 0 fully saturated rings. The molecule has 0 aliphatic heterocycles. The normalized spacial score (nSPS) is 18.0. The van der Waals surface area contributed by atoms with Gasteiger partial charge in [-0.25, -0.2) is 0 Å². The van der Waals surface area contributed by atoms with Gasteiger partial charge in [-0.05, 0) is 55.2 Å². The Bertz CT molecular complexity index is 561. The molecular weight excluding hydrogens is 246 g/mol.